The van der Waals surface area contributed by atoms with Crippen molar-refractivity contribution in [3.63, 3.8) is 0 Å². The Labute approximate surface area is 263 Å². The summed E-state index contributed by atoms with van der Waals surface area (Å²) in [4.78, 5) is 31.5. The van der Waals surface area contributed by atoms with Crippen LogP contribution in [0.1, 0.15) is 65.9 Å². The lowest BCUT2D eigenvalue weighted by Crippen LogP contribution is -2.30. The number of nitrogens with one attached hydrogen (secondary N) is 2. The monoisotopic (exact) mass is 611 g/mol. The lowest BCUT2D eigenvalue weighted by Gasteiger charge is -2.29. The number of rotatable bonds is 7. The van der Waals surface area contributed by atoms with Crippen LogP contribution in [0.15, 0.2) is 72.9 Å². The third-order valence-corrected chi connectivity index (χ3v) is 8.14. The molecule has 1 saturated heterocycles. The van der Waals surface area contributed by atoms with Gasteiger partial charge in [-0.25, -0.2) is 4.79 Å². The van der Waals surface area contributed by atoms with Gasteiger partial charge in [0, 0.05) is 40.4 Å². The fourth-order valence-corrected chi connectivity index (χ4v) is 5.89. The van der Waals surface area contributed by atoms with Gasteiger partial charge in [0.25, 0.3) is 0 Å². The smallest absolute Gasteiger partial charge is 0.337 e. The van der Waals surface area contributed by atoms with Gasteiger partial charge in [-0.2, -0.15) is 0 Å². The van der Waals surface area contributed by atoms with E-state index in [-0.39, 0.29) is 24.0 Å². The lowest BCUT2D eigenvalue weighted by atomic mass is 9.95. The van der Waals surface area contributed by atoms with Gasteiger partial charge in [-0.05, 0) is 86.2 Å². The van der Waals surface area contributed by atoms with Crippen molar-refractivity contribution >= 4 is 40.6 Å². The van der Waals surface area contributed by atoms with E-state index in [1.807, 2.05) is 69.3 Å². The van der Waals surface area contributed by atoms with Crippen molar-refractivity contribution < 1.29 is 19.1 Å². The number of esters is 1. The number of methoxy groups -OCH3 is 2. The predicted octanol–water partition coefficient (Wildman–Crippen LogP) is 6.45. The second-order valence-corrected chi connectivity index (χ2v) is 12.2. The highest BCUT2D eigenvalue weighted by atomic mass is 32.1. The number of pyridine rings is 1. The topological polar surface area (TPSA) is 97.7 Å². The number of carbonyl (C=O) groups excluding carboxylic acids is 2. The number of hydrogen-bond donors (Lipinski definition) is 2. The number of ether oxygens (including phenoxy) is 2. The second kappa shape index (κ2) is 12.1. The Kier molecular flexibility index (Phi) is 8.47. The maximum absolute atomic E-state index is 12.7. The van der Waals surface area contributed by atoms with Gasteiger partial charge in [0.1, 0.15) is 5.75 Å². The van der Waals surface area contributed by atoms with Crippen molar-refractivity contribution in [2.45, 2.75) is 46.7 Å². The van der Waals surface area contributed by atoms with E-state index < -0.39 is 5.41 Å². The van der Waals surface area contributed by atoms with Crippen LogP contribution in [0.4, 0.5) is 11.4 Å². The van der Waals surface area contributed by atoms with E-state index in [9.17, 15) is 9.59 Å². The van der Waals surface area contributed by atoms with E-state index in [0.29, 0.717) is 22.1 Å². The molecular weight excluding hydrogens is 574 g/mol. The van der Waals surface area contributed by atoms with Gasteiger partial charge in [-0.1, -0.05) is 26.8 Å². The summed E-state index contributed by atoms with van der Waals surface area (Å²) in [5.74, 6) is 0.0400. The SMILES string of the molecule is COC(=O)c1ccc(-n2c(C)cc([C@H]3[C@H](c4ccccn4)NC(=S)N3c3ccc(NC(=O)C(C)(C)C)c(OC)c3)c2C)cc1. The Hall–Kier alpha value is -4.70. The molecule has 0 unspecified atom stereocenters. The Morgan fingerprint density at radius 2 is 1.68 bits per heavy atom. The molecular formula is C34H37N5O4S. The predicted molar refractivity (Wildman–Crippen MR) is 176 cm³/mol. The first-order valence-corrected chi connectivity index (χ1v) is 14.7. The van der Waals surface area contributed by atoms with Gasteiger partial charge in [-0.3, -0.25) is 9.78 Å². The van der Waals surface area contributed by atoms with Crippen LogP contribution in [0.2, 0.25) is 0 Å². The van der Waals surface area contributed by atoms with Gasteiger partial charge in [0.05, 0.1) is 43.2 Å². The number of aryl methyl sites for hydroxylation is 1. The molecule has 0 bridgehead atoms. The summed E-state index contributed by atoms with van der Waals surface area (Å²) in [6.07, 6.45) is 1.78. The molecule has 1 fully saturated rings. The van der Waals surface area contributed by atoms with Crippen LogP contribution in [0.25, 0.3) is 5.69 Å². The number of amides is 1. The second-order valence-electron chi connectivity index (χ2n) is 11.8. The van der Waals surface area contributed by atoms with E-state index in [0.717, 1.165) is 34.0 Å². The van der Waals surface area contributed by atoms with Crippen molar-refractivity contribution in [1.82, 2.24) is 14.9 Å². The summed E-state index contributed by atoms with van der Waals surface area (Å²) >= 11 is 5.96. The highest BCUT2D eigenvalue weighted by molar-refractivity contribution is 7.80. The molecule has 1 aliphatic rings. The summed E-state index contributed by atoms with van der Waals surface area (Å²) in [6.45, 7) is 9.73. The zero-order valence-corrected chi connectivity index (χ0v) is 26.8. The van der Waals surface area contributed by atoms with Crippen molar-refractivity contribution in [1.29, 1.82) is 0 Å². The Bertz CT molecular complexity index is 1710. The quantitative estimate of drug-likeness (QED) is 0.182. The zero-order chi connectivity index (χ0) is 31.8. The number of thiocarbonyl (C=S) groups is 1. The third kappa shape index (κ3) is 5.77. The van der Waals surface area contributed by atoms with Crippen LogP contribution in [-0.4, -0.2) is 40.8 Å². The largest absolute Gasteiger partial charge is 0.494 e. The maximum Gasteiger partial charge on any atom is 0.337 e. The number of aromatic nitrogens is 2. The normalized spacial score (nSPS) is 16.4. The van der Waals surface area contributed by atoms with Crippen LogP contribution in [0.3, 0.4) is 0 Å². The lowest BCUT2D eigenvalue weighted by molar-refractivity contribution is -0.123. The van der Waals surface area contributed by atoms with E-state index in [4.69, 9.17) is 21.7 Å². The highest BCUT2D eigenvalue weighted by Gasteiger charge is 2.42. The molecule has 3 heterocycles. The summed E-state index contributed by atoms with van der Waals surface area (Å²) in [5, 5.41) is 7.05. The minimum absolute atomic E-state index is 0.109. The number of benzene rings is 2. The average molecular weight is 612 g/mol. The summed E-state index contributed by atoms with van der Waals surface area (Å²) in [7, 11) is 2.96. The van der Waals surface area contributed by atoms with Crippen LogP contribution >= 0.6 is 12.2 Å². The Morgan fingerprint density at radius 1 is 0.977 bits per heavy atom. The molecule has 0 radical (unpaired) electrons. The van der Waals surface area contributed by atoms with Crippen LogP contribution < -0.4 is 20.3 Å². The highest BCUT2D eigenvalue weighted by Crippen LogP contribution is 2.45. The summed E-state index contributed by atoms with van der Waals surface area (Å²) in [6, 6.07) is 20.6. The van der Waals surface area contributed by atoms with Gasteiger partial charge in [0.2, 0.25) is 5.91 Å². The van der Waals surface area contributed by atoms with Gasteiger partial charge in [0.15, 0.2) is 5.11 Å². The molecule has 0 aliphatic carbocycles. The molecule has 0 saturated carbocycles. The summed E-state index contributed by atoms with van der Waals surface area (Å²) < 4.78 is 12.8. The molecule has 0 spiro atoms. The summed E-state index contributed by atoms with van der Waals surface area (Å²) in [5.41, 5.74) is 6.21. The van der Waals surface area contributed by atoms with Crippen LogP contribution in [0, 0.1) is 19.3 Å². The number of carbonyl (C=O) groups is 2. The zero-order valence-electron chi connectivity index (χ0n) is 26.0. The number of hydrogen-bond acceptors (Lipinski definition) is 6. The maximum atomic E-state index is 12.7. The Balaban J connectivity index is 1.60. The van der Waals surface area contributed by atoms with Crippen LogP contribution in [-0.2, 0) is 9.53 Å². The van der Waals surface area contributed by atoms with Crippen molar-refractivity contribution in [3.05, 3.63) is 101 Å². The van der Waals surface area contributed by atoms with Gasteiger partial charge >= 0.3 is 5.97 Å². The molecule has 228 valence electrons. The minimum atomic E-state index is -0.562. The van der Waals surface area contributed by atoms with Crippen molar-refractivity contribution in [3.8, 4) is 11.4 Å². The molecule has 2 atom stereocenters. The fraction of sp³-hybridized carbons (Fsp3) is 0.294. The van der Waals surface area contributed by atoms with E-state index in [2.05, 4.69) is 45.0 Å². The van der Waals surface area contributed by atoms with Crippen molar-refractivity contribution in [2.75, 3.05) is 24.4 Å². The molecule has 2 aromatic heterocycles. The van der Waals surface area contributed by atoms with Crippen LogP contribution in [0.5, 0.6) is 5.75 Å². The molecule has 1 aliphatic heterocycles. The van der Waals surface area contributed by atoms with Gasteiger partial charge < -0.3 is 29.6 Å². The molecule has 9 nitrogen and oxygen atoms in total. The molecule has 44 heavy (non-hydrogen) atoms. The molecule has 2 aromatic carbocycles. The number of nitrogens with zero attached hydrogens (tertiary/aromatic N) is 3. The first kappa shape index (κ1) is 30.7. The Morgan fingerprint density at radius 3 is 2.30 bits per heavy atom. The molecule has 5 rings (SSSR count). The third-order valence-electron chi connectivity index (χ3n) is 7.83. The van der Waals surface area contributed by atoms with E-state index in [1.165, 1.54) is 7.11 Å². The van der Waals surface area contributed by atoms with E-state index in [1.54, 1.807) is 25.4 Å². The van der Waals surface area contributed by atoms with Crippen molar-refractivity contribution in [2.24, 2.45) is 5.41 Å². The first-order valence-electron chi connectivity index (χ1n) is 14.3. The molecule has 4 aromatic rings. The molecule has 10 heteroatoms. The minimum Gasteiger partial charge on any atom is -0.494 e. The van der Waals surface area contributed by atoms with E-state index >= 15 is 0 Å². The fourth-order valence-electron chi connectivity index (χ4n) is 5.54. The first-order chi connectivity index (χ1) is 20.9. The number of anilines is 2. The molecule has 1 amide bonds. The average Bonchev–Trinajstić information content (AvgIpc) is 3.51. The standard InChI is InChI=1S/C34H37N5O4S/c1-20-18-25(21(2)38(20)23-13-11-22(12-14-23)31(40)43-7)30-29(27-10-8-9-17-35-27)37-33(44)39(30)24-15-16-26(28(19-24)42-6)36-32(41)34(3,4)5/h8-19,29-30H,1-7H3,(H,36,41)(H,37,44)/t29-,30-/m0/s1. The van der Waals surface area contributed by atoms with Gasteiger partial charge in [-0.15, -0.1) is 0 Å². The molecule has 2 N–H and O–H groups in total.